The molecule has 0 aromatic rings. The van der Waals surface area contributed by atoms with Gasteiger partial charge in [-0.2, -0.15) is 0 Å². The van der Waals surface area contributed by atoms with Crippen LogP contribution in [0.5, 0.6) is 0 Å². The molecule has 0 aliphatic heterocycles. The molecule has 0 aromatic carbocycles. The van der Waals surface area contributed by atoms with Gasteiger partial charge < -0.3 is 21.9 Å². The molecule has 0 aliphatic carbocycles. The maximum Gasteiger partial charge on any atom is 3.00 e. The first kappa shape index (κ1) is 75.2. The van der Waals surface area contributed by atoms with Gasteiger partial charge in [-0.3, -0.25) is 0 Å². The molecule has 6 heavy (non-hydrogen) atoms. The maximum atomic E-state index is 0. The quantitative estimate of drug-likeness (QED) is 0.569. The van der Waals surface area contributed by atoms with Crippen molar-refractivity contribution >= 4 is 0 Å². The molecule has 0 rings (SSSR count). The third kappa shape index (κ3) is 31.1. The van der Waals surface area contributed by atoms with E-state index >= 15 is 0 Å². The number of rotatable bonds is 0. The topological polar surface area (TPSA) is 120 Å². The Morgan fingerprint density at radius 1 is 0.333 bits per heavy atom. The molecule has 0 spiro atoms. The molecule has 2 radical (unpaired) electrons. The summed E-state index contributed by atoms with van der Waals surface area (Å²) in [5.41, 5.74) is 0. The second kappa shape index (κ2) is 50.0. The summed E-state index contributed by atoms with van der Waals surface area (Å²) in [5, 5.41) is 0. The van der Waals surface area contributed by atoms with E-state index in [1.54, 1.807) is 0 Å². The van der Waals surface area contributed by atoms with E-state index in [2.05, 4.69) is 0 Å². The van der Waals surface area contributed by atoms with Crippen LogP contribution in [0, 0.1) is 81.7 Å². The Kier molecular flexibility index (Phi) is 626. The van der Waals surface area contributed by atoms with Gasteiger partial charge in [0.05, 0.1) is 0 Å². The van der Waals surface area contributed by atoms with Crippen molar-refractivity contribution < 1.29 is 104 Å². The first-order valence-corrected chi connectivity index (χ1v) is 0. The normalized spacial score (nSPS) is 0. The maximum absolute atomic E-state index is 0. The van der Waals surface area contributed by atoms with Crippen LogP contribution in [0.3, 0.4) is 0 Å². The number of hydrogen-bond acceptors (Lipinski definition) is 4. The molecule has 0 fully saturated rings. The van der Waals surface area contributed by atoms with Crippen LogP contribution in [0.2, 0.25) is 0 Å². The van der Waals surface area contributed by atoms with E-state index in [1.165, 1.54) is 0 Å². The van der Waals surface area contributed by atoms with Gasteiger partial charge in [-0.05, 0) is 0 Å². The van der Waals surface area contributed by atoms with E-state index in [1.807, 2.05) is 0 Å². The van der Waals surface area contributed by atoms with E-state index in [4.69, 9.17) is 0 Å². The van der Waals surface area contributed by atoms with E-state index in [0.717, 1.165) is 0 Å². The summed E-state index contributed by atoms with van der Waals surface area (Å²) in [4.78, 5) is 0. The first-order chi connectivity index (χ1) is 0. The minimum Gasteiger partial charge on any atom is -0.870 e. The van der Waals surface area contributed by atoms with Crippen LogP contribution in [-0.2, 0) is 0 Å². The molecule has 0 heterocycles. The summed E-state index contributed by atoms with van der Waals surface area (Å²) in [6.07, 6.45) is 0. The predicted molar refractivity (Wildman–Crippen MR) is 7.74 cm³/mol. The SMILES string of the molecule is [Nd+3].[Nd+3].[OH-].[OH-].[OH-].[OH-]. The summed E-state index contributed by atoms with van der Waals surface area (Å²) in [5.74, 6) is 0. The van der Waals surface area contributed by atoms with Gasteiger partial charge in [0.25, 0.3) is 0 Å². The fraction of sp³-hybridized carbons (Fsp3) is 0. The van der Waals surface area contributed by atoms with Gasteiger partial charge in [-0.25, -0.2) is 0 Å². The zero-order valence-electron chi connectivity index (χ0n) is 2.79. The Hall–Kier alpha value is 2.54. The third-order valence-corrected chi connectivity index (χ3v) is 0. The van der Waals surface area contributed by atoms with Crippen molar-refractivity contribution in [2.24, 2.45) is 0 Å². The standard InChI is InChI=1S/2Nd.4H2O/h;;4*1H2/q2*+3;;;;/p-4. The molecule has 0 saturated carbocycles. The molecule has 34 valence electrons. The zero-order valence-corrected chi connectivity index (χ0v) is 9.21. The minimum absolute atomic E-state index is 0. The van der Waals surface area contributed by atoms with Crippen LogP contribution in [0.15, 0.2) is 0 Å². The van der Waals surface area contributed by atoms with E-state index < -0.39 is 0 Å². The molecular formula is H4Nd2O4+2. The van der Waals surface area contributed by atoms with Crippen molar-refractivity contribution in [3.8, 4) is 0 Å². The largest absolute Gasteiger partial charge is 3.00 e. The molecular weight excluding hydrogens is 352 g/mol. The van der Waals surface area contributed by atoms with Crippen LogP contribution >= 0.6 is 0 Å². The molecule has 0 saturated heterocycles. The molecule has 4 N–H and O–H groups in total. The summed E-state index contributed by atoms with van der Waals surface area (Å²) >= 11 is 0. The fourth-order valence-electron chi connectivity index (χ4n) is 0. The summed E-state index contributed by atoms with van der Waals surface area (Å²) in [7, 11) is 0. The van der Waals surface area contributed by atoms with Crippen LogP contribution in [0.4, 0.5) is 0 Å². The molecule has 6 heteroatoms. The van der Waals surface area contributed by atoms with Crippen molar-refractivity contribution in [2.45, 2.75) is 0 Å². The monoisotopic (exact) mass is 352 g/mol. The minimum atomic E-state index is 0. The Labute approximate surface area is 101 Å². The van der Waals surface area contributed by atoms with Crippen LogP contribution in [-0.4, -0.2) is 21.9 Å². The second-order valence-corrected chi connectivity index (χ2v) is 0. The molecule has 0 bridgehead atoms. The van der Waals surface area contributed by atoms with E-state index in [-0.39, 0.29) is 104 Å². The third-order valence-electron chi connectivity index (χ3n) is 0. The predicted octanol–water partition coefficient (Wildman–Crippen LogP) is -0.707. The molecule has 4 nitrogen and oxygen atoms in total. The molecule has 0 aliphatic rings. The second-order valence-electron chi connectivity index (χ2n) is 0. The van der Waals surface area contributed by atoms with Gasteiger partial charge in [0.1, 0.15) is 0 Å². The average molecular weight is 357 g/mol. The van der Waals surface area contributed by atoms with Crippen LogP contribution in [0.25, 0.3) is 0 Å². The van der Waals surface area contributed by atoms with Crippen molar-refractivity contribution in [3.63, 3.8) is 0 Å². The Bertz CT molecular complexity index is 5.51. The summed E-state index contributed by atoms with van der Waals surface area (Å²) in [6.45, 7) is 0. The van der Waals surface area contributed by atoms with Gasteiger partial charge in [0.2, 0.25) is 0 Å². The average Bonchev–Trinajstić information content (AvgIpc) is 0. The number of hydrogen-bond donors (Lipinski definition) is 0. The van der Waals surface area contributed by atoms with Crippen LogP contribution in [0.1, 0.15) is 0 Å². The van der Waals surface area contributed by atoms with Crippen molar-refractivity contribution in [1.29, 1.82) is 0 Å². The van der Waals surface area contributed by atoms with Crippen molar-refractivity contribution in [1.82, 2.24) is 0 Å². The van der Waals surface area contributed by atoms with E-state index in [0.29, 0.717) is 0 Å². The van der Waals surface area contributed by atoms with Gasteiger partial charge in [0, 0.05) is 0 Å². The molecule has 0 amide bonds. The Morgan fingerprint density at radius 2 is 0.333 bits per heavy atom. The van der Waals surface area contributed by atoms with Gasteiger partial charge in [-0.1, -0.05) is 0 Å². The van der Waals surface area contributed by atoms with Crippen molar-refractivity contribution in [3.05, 3.63) is 0 Å². The Balaban J connectivity index is 0. The van der Waals surface area contributed by atoms with Gasteiger partial charge >= 0.3 is 81.7 Å². The van der Waals surface area contributed by atoms with Crippen LogP contribution < -0.4 is 0 Å². The summed E-state index contributed by atoms with van der Waals surface area (Å²) < 4.78 is 0. The first-order valence-electron chi connectivity index (χ1n) is 0. The smallest absolute Gasteiger partial charge is 0.870 e. The molecule has 0 atom stereocenters. The molecule has 0 unspecified atom stereocenters. The van der Waals surface area contributed by atoms with Gasteiger partial charge in [-0.15, -0.1) is 0 Å². The Morgan fingerprint density at radius 3 is 0.333 bits per heavy atom. The van der Waals surface area contributed by atoms with Crippen molar-refractivity contribution in [2.75, 3.05) is 0 Å². The van der Waals surface area contributed by atoms with Gasteiger partial charge in [0.15, 0.2) is 0 Å². The molecule has 0 aromatic heterocycles. The van der Waals surface area contributed by atoms with E-state index in [9.17, 15) is 0 Å². The summed E-state index contributed by atoms with van der Waals surface area (Å²) in [6, 6.07) is 0. The zero-order chi connectivity index (χ0) is 0. The fourth-order valence-corrected chi connectivity index (χ4v) is 0.